The number of hydrogen-bond acceptors (Lipinski definition) is 3. The van der Waals surface area contributed by atoms with Crippen molar-refractivity contribution < 1.29 is 9.90 Å². The van der Waals surface area contributed by atoms with Crippen molar-refractivity contribution >= 4 is 43.5 Å². The fourth-order valence-corrected chi connectivity index (χ4v) is 2.25. The number of hydrazone groups is 1. The number of carbonyl (C=O) groups excluding carboxylic acids is 1. The molecule has 0 spiro atoms. The molecule has 1 aromatic carbocycles. The van der Waals surface area contributed by atoms with Gasteiger partial charge in [-0.15, -0.1) is 0 Å². The average molecular weight is 364 g/mol. The van der Waals surface area contributed by atoms with E-state index in [2.05, 4.69) is 42.4 Å². The Morgan fingerprint density at radius 2 is 2.12 bits per heavy atom. The summed E-state index contributed by atoms with van der Waals surface area (Å²) in [7, 11) is 0. The highest BCUT2D eigenvalue weighted by Gasteiger charge is 2.14. The van der Waals surface area contributed by atoms with E-state index in [0.29, 0.717) is 8.95 Å². The second-order valence-corrected chi connectivity index (χ2v) is 5.20. The van der Waals surface area contributed by atoms with Gasteiger partial charge in [-0.2, -0.15) is 5.10 Å². The first-order valence-electron chi connectivity index (χ1n) is 4.97. The van der Waals surface area contributed by atoms with E-state index in [9.17, 15) is 9.90 Å². The molecule has 1 amide bonds. The first-order valence-corrected chi connectivity index (χ1v) is 6.55. The van der Waals surface area contributed by atoms with Gasteiger partial charge in [0.2, 0.25) is 0 Å². The third kappa shape index (κ3) is 3.81. The SMILES string of the molecule is CC/C(C)=N/NC(=O)c1cc(Br)cc(Br)c1O. The molecule has 4 nitrogen and oxygen atoms in total. The van der Waals surface area contributed by atoms with Gasteiger partial charge < -0.3 is 5.11 Å². The third-order valence-corrected chi connectivity index (χ3v) is 3.20. The quantitative estimate of drug-likeness (QED) is 0.638. The number of hydrogen-bond donors (Lipinski definition) is 2. The van der Waals surface area contributed by atoms with Crippen LogP contribution in [0.25, 0.3) is 0 Å². The van der Waals surface area contributed by atoms with Crippen LogP contribution in [0.2, 0.25) is 0 Å². The smallest absolute Gasteiger partial charge is 0.275 e. The van der Waals surface area contributed by atoms with Gasteiger partial charge in [-0.3, -0.25) is 4.79 Å². The Morgan fingerprint density at radius 1 is 1.47 bits per heavy atom. The number of halogens is 2. The normalized spacial score (nSPS) is 11.4. The van der Waals surface area contributed by atoms with Crippen LogP contribution in [0.5, 0.6) is 5.75 Å². The molecule has 0 saturated carbocycles. The number of phenolic OH excluding ortho intramolecular Hbond substituents is 1. The Bertz CT molecular complexity index is 473. The zero-order chi connectivity index (χ0) is 13.0. The van der Waals surface area contributed by atoms with E-state index in [-0.39, 0.29) is 11.3 Å². The van der Waals surface area contributed by atoms with E-state index >= 15 is 0 Å². The lowest BCUT2D eigenvalue weighted by atomic mass is 10.2. The summed E-state index contributed by atoms with van der Waals surface area (Å²) >= 11 is 6.42. The van der Waals surface area contributed by atoms with E-state index in [0.717, 1.165) is 12.1 Å². The number of aromatic hydroxyl groups is 1. The second kappa shape index (κ2) is 6.16. The topological polar surface area (TPSA) is 61.7 Å². The van der Waals surface area contributed by atoms with Crippen molar-refractivity contribution in [2.45, 2.75) is 20.3 Å². The Labute approximate surface area is 116 Å². The number of benzene rings is 1. The number of carbonyl (C=O) groups is 1. The molecule has 0 saturated heterocycles. The summed E-state index contributed by atoms with van der Waals surface area (Å²) in [6, 6.07) is 3.19. The molecule has 17 heavy (non-hydrogen) atoms. The maximum absolute atomic E-state index is 11.8. The molecule has 0 atom stereocenters. The molecule has 6 heteroatoms. The lowest BCUT2D eigenvalue weighted by Gasteiger charge is -2.06. The molecule has 0 unspecified atom stereocenters. The molecule has 1 aromatic rings. The molecule has 0 aromatic heterocycles. The number of rotatable bonds is 3. The molecule has 92 valence electrons. The minimum absolute atomic E-state index is 0.102. The third-order valence-electron chi connectivity index (χ3n) is 2.13. The lowest BCUT2D eigenvalue weighted by molar-refractivity contribution is 0.0952. The molecule has 0 aliphatic rings. The van der Waals surface area contributed by atoms with Crippen LogP contribution in [0, 0.1) is 0 Å². The highest BCUT2D eigenvalue weighted by atomic mass is 79.9. The molecular weight excluding hydrogens is 352 g/mol. The number of nitrogens with one attached hydrogen (secondary N) is 1. The number of nitrogens with zero attached hydrogens (tertiary/aromatic N) is 1. The molecule has 2 N–H and O–H groups in total. The summed E-state index contributed by atoms with van der Waals surface area (Å²) in [5, 5.41) is 13.6. The van der Waals surface area contributed by atoms with E-state index in [1.165, 1.54) is 6.07 Å². The first kappa shape index (κ1) is 14.2. The van der Waals surface area contributed by atoms with E-state index < -0.39 is 5.91 Å². The number of phenols is 1. The van der Waals surface area contributed by atoms with Crippen LogP contribution in [0.3, 0.4) is 0 Å². The monoisotopic (exact) mass is 362 g/mol. The summed E-state index contributed by atoms with van der Waals surface area (Å²) in [6.07, 6.45) is 0.758. The fourth-order valence-electron chi connectivity index (χ4n) is 1.02. The molecule has 0 bridgehead atoms. The standard InChI is InChI=1S/C11H12Br2N2O2/c1-3-6(2)14-15-11(17)8-4-7(12)5-9(13)10(8)16/h4-5,16H,3H2,1-2H3,(H,15,17)/b14-6+. The fraction of sp³-hybridized carbons (Fsp3) is 0.273. The predicted molar refractivity (Wildman–Crippen MR) is 74.4 cm³/mol. The molecule has 0 aliphatic carbocycles. The molecule has 0 aliphatic heterocycles. The van der Waals surface area contributed by atoms with Gasteiger partial charge in [0.1, 0.15) is 5.75 Å². The van der Waals surface area contributed by atoms with E-state index in [1.807, 2.05) is 13.8 Å². The average Bonchev–Trinajstić information content (AvgIpc) is 2.30. The van der Waals surface area contributed by atoms with Crippen molar-refractivity contribution in [3.63, 3.8) is 0 Å². The Kier molecular flexibility index (Phi) is 5.14. The van der Waals surface area contributed by atoms with Gasteiger partial charge in [0.05, 0.1) is 10.0 Å². The molecular formula is C11H12Br2N2O2. The molecule has 0 heterocycles. The van der Waals surface area contributed by atoms with Crippen LogP contribution in [0.4, 0.5) is 0 Å². The summed E-state index contributed by atoms with van der Waals surface area (Å²) < 4.78 is 1.15. The summed E-state index contributed by atoms with van der Waals surface area (Å²) in [5.74, 6) is -0.549. The van der Waals surface area contributed by atoms with Crippen LogP contribution in [0.15, 0.2) is 26.2 Å². The molecule has 0 radical (unpaired) electrons. The van der Waals surface area contributed by atoms with Gasteiger partial charge in [-0.1, -0.05) is 22.9 Å². The first-order chi connectivity index (χ1) is 7.95. The van der Waals surface area contributed by atoms with Crippen LogP contribution < -0.4 is 5.43 Å². The van der Waals surface area contributed by atoms with Crippen LogP contribution in [0.1, 0.15) is 30.6 Å². The number of amides is 1. The summed E-state index contributed by atoms with van der Waals surface area (Å²) in [4.78, 5) is 11.8. The van der Waals surface area contributed by atoms with E-state index in [4.69, 9.17) is 0 Å². The van der Waals surface area contributed by atoms with Gasteiger partial charge in [-0.05, 0) is 41.4 Å². The van der Waals surface area contributed by atoms with Crippen molar-refractivity contribution in [1.82, 2.24) is 5.43 Å². The minimum atomic E-state index is -0.447. The van der Waals surface area contributed by atoms with Crippen molar-refractivity contribution in [1.29, 1.82) is 0 Å². The minimum Gasteiger partial charge on any atom is -0.506 e. The van der Waals surface area contributed by atoms with Crippen molar-refractivity contribution in [3.8, 4) is 5.75 Å². The van der Waals surface area contributed by atoms with Gasteiger partial charge in [0.15, 0.2) is 0 Å². The Balaban J connectivity index is 2.97. The van der Waals surface area contributed by atoms with E-state index in [1.54, 1.807) is 6.07 Å². The van der Waals surface area contributed by atoms with Crippen LogP contribution in [-0.2, 0) is 0 Å². The molecule has 1 rings (SSSR count). The Morgan fingerprint density at radius 3 is 2.71 bits per heavy atom. The zero-order valence-electron chi connectivity index (χ0n) is 9.42. The Hall–Kier alpha value is -0.880. The molecule has 0 fully saturated rings. The largest absolute Gasteiger partial charge is 0.506 e. The van der Waals surface area contributed by atoms with Gasteiger partial charge in [0, 0.05) is 10.2 Å². The highest BCUT2D eigenvalue weighted by Crippen LogP contribution is 2.31. The zero-order valence-corrected chi connectivity index (χ0v) is 12.6. The van der Waals surface area contributed by atoms with Crippen LogP contribution >= 0.6 is 31.9 Å². The van der Waals surface area contributed by atoms with Crippen LogP contribution in [-0.4, -0.2) is 16.7 Å². The second-order valence-electron chi connectivity index (χ2n) is 3.43. The van der Waals surface area contributed by atoms with Crippen molar-refractivity contribution in [2.24, 2.45) is 5.10 Å². The maximum atomic E-state index is 11.8. The van der Waals surface area contributed by atoms with Gasteiger partial charge in [-0.25, -0.2) is 5.43 Å². The lowest BCUT2D eigenvalue weighted by Crippen LogP contribution is -2.19. The maximum Gasteiger partial charge on any atom is 0.275 e. The summed E-state index contributed by atoms with van der Waals surface area (Å²) in [6.45, 7) is 3.76. The summed E-state index contributed by atoms with van der Waals surface area (Å²) in [5.41, 5.74) is 3.37. The van der Waals surface area contributed by atoms with Crippen molar-refractivity contribution in [3.05, 3.63) is 26.6 Å². The van der Waals surface area contributed by atoms with Gasteiger partial charge >= 0.3 is 0 Å². The van der Waals surface area contributed by atoms with Gasteiger partial charge in [0.25, 0.3) is 5.91 Å². The highest BCUT2D eigenvalue weighted by molar-refractivity contribution is 9.11. The van der Waals surface area contributed by atoms with Crippen molar-refractivity contribution in [2.75, 3.05) is 0 Å². The predicted octanol–water partition coefficient (Wildman–Crippen LogP) is 3.43.